The summed E-state index contributed by atoms with van der Waals surface area (Å²) in [5, 5.41) is 8.56. The van der Waals surface area contributed by atoms with Crippen molar-refractivity contribution in [2.75, 3.05) is 96.9 Å². The Bertz CT molecular complexity index is 2860. The highest BCUT2D eigenvalue weighted by molar-refractivity contribution is 7.92. The Morgan fingerprint density at radius 2 is 1.61 bits per heavy atom. The molecule has 10 rings (SSSR count). The average molecular weight is 983 g/mol. The Morgan fingerprint density at radius 3 is 2.32 bits per heavy atom. The number of benzene rings is 3. The number of amides is 5. The van der Waals surface area contributed by atoms with Crippen LogP contribution in [0.25, 0.3) is 0 Å². The lowest BCUT2D eigenvalue weighted by Crippen LogP contribution is -2.73. The topological polar surface area (TPSA) is 201 Å². The van der Waals surface area contributed by atoms with Crippen LogP contribution in [0.3, 0.4) is 0 Å². The zero-order valence-electron chi connectivity index (χ0n) is 38.3. The molecular formula is C48H53ClFN11O7S. The minimum Gasteiger partial charge on any atom is -0.371 e. The quantitative estimate of drug-likeness (QED) is 0.163. The molecule has 5 amide bonds. The van der Waals surface area contributed by atoms with Crippen molar-refractivity contribution in [3.05, 3.63) is 88.8 Å². The summed E-state index contributed by atoms with van der Waals surface area (Å²) >= 11 is 6.41. The standard InChI is InChI=1S/C48H53ClFN11O7S/c1-56(69(2,67)68)39-6-4-3-5-37(39)53-42-35(49)23-51-47(55-42)52-31-7-10-38(36(50)21-31)59-25-48(26-59)27-60(28-48)44(64)30-15-17-57(18-16-30)24-29-13-19-58(20-14-29)32-8-9-33-34(22-32)46(66)61(45(33)65)40-11-12-41(62)54-43(40)63/h3-10,21-23,29-30,40H,11-20,24-28H2,1-2H3,(H,54,62,63)(H2,51,52,53,55). The lowest BCUT2D eigenvalue weighted by Gasteiger charge is -2.61. The molecule has 1 atom stereocenters. The molecule has 3 aromatic carbocycles. The van der Waals surface area contributed by atoms with Gasteiger partial charge in [0.1, 0.15) is 16.9 Å². The molecule has 1 spiro atoms. The first-order chi connectivity index (χ1) is 33.0. The van der Waals surface area contributed by atoms with Gasteiger partial charge in [-0.05, 0) is 99.6 Å². The molecule has 18 nitrogen and oxygen atoms in total. The molecule has 21 heteroatoms. The number of halogens is 2. The van der Waals surface area contributed by atoms with Gasteiger partial charge in [-0.25, -0.2) is 17.8 Å². The Kier molecular flexibility index (Phi) is 12.2. The molecule has 5 fully saturated rings. The largest absolute Gasteiger partial charge is 0.371 e. The van der Waals surface area contributed by atoms with Gasteiger partial charge in [0.25, 0.3) is 11.8 Å². The highest BCUT2D eigenvalue weighted by atomic mass is 35.5. The summed E-state index contributed by atoms with van der Waals surface area (Å²) in [5.41, 5.74) is 3.18. The van der Waals surface area contributed by atoms with Gasteiger partial charge < -0.3 is 30.2 Å². The first-order valence-corrected chi connectivity index (χ1v) is 25.5. The predicted octanol–water partition coefficient (Wildman–Crippen LogP) is 4.83. The number of para-hydroxylation sites is 2. The van der Waals surface area contributed by atoms with Crippen molar-refractivity contribution in [2.24, 2.45) is 17.3 Å². The normalized spacial score (nSPS) is 21.0. The number of nitrogens with zero attached hydrogens (tertiary/aromatic N) is 8. The second-order valence-electron chi connectivity index (χ2n) is 19.3. The Balaban J connectivity index is 0.653. The Labute approximate surface area is 404 Å². The van der Waals surface area contributed by atoms with Gasteiger partial charge in [0.15, 0.2) is 5.82 Å². The maximum Gasteiger partial charge on any atom is 0.262 e. The second kappa shape index (κ2) is 18.2. The SMILES string of the molecule is CN(c1ccccc1Nc1nc(Nc2ccc(N3CC4(CN(C(=O)C5CCN(CC6CCN(c7ccc8c(c7)C(=O)N(C7CCC(=O)NC7=O)C8=O)CC6)CC5)C4)C3)c(F)c2)ncc1Cl)S(C)(=O)=O. The third-order valence-electron chi connectivity index (χ3n) is 14.6. The summed E-state index contributed by atoms with van der Waals surface area (Å²) in [6, 6.07) is 16.0. The fraction of sp³-hybridized carbons (Fsp3) is 0.438. The van der Waals surface area contributed by atoms with Crippen LogP contribution in [0.1, 0.15) is 59.2 Å². The number of aromatic nitrogens is 2. The molecule has 6 aliphatic heterocycles. The first kappa shape index (κ1) is 46.4. The number of imide groups is 2. The number of hydrogen-bond acceptors (Lipinski definition) is 14. The molecule has 0 bridgehead atoms. The molecule has 7 heterocycles. The van der Waals surface area contributed by atoms with Crippen LogP contribution < -0.4 is 30.1 Å². The van der Waals surface area contributed by atoms with Crippen molar-refractivity contribution >= 4 is 91.4 Å². The van der Waals surface area contributed by atoms with Crippen molar-refractivity contribution in [3.63, 3.8) is 0 Å². The van der Waals surface area contributed by atoms with E-state index in [-0.39, 0.29) is 52.4 Å². The maximum atomic E-state index is 15.6. The van der Waals surface area contributed by atoms with Crippen molar-refractivity contribution in [3.8, 4) is 0 Å². The number of carbonyl (C=O) groups is 5. The fourth-order valence-corrected chi connectivity index (χ4v) is 11.4. The number of anilines is 7. The van der Waals surface area contributed by atoms with Gasteiger partial charge in [-0.1, -0.05) is 23.7 Å². The first-order valence-electron chi connectivity index (χ1n) is 23.3. The van der Waals surface area contributed by atoms with E-state index in [1.165, 1.54) is 19.3 Å². The number of rotatable bonds is 12. The van der Waals surface area contributed by atoms with E-state index in [0.717, 1.165) is 79.6 Å². The predicted molar refractivity (Wildman–Crippen MR) is 258 cm³/mol. The van der Waals surface area contributed by atoms with E-state index < -0.39 is 45.5 Å². The van der Waals surface area contributed by atoms with Crippen LogP contribution in [0, 0.1) is 23.1 Å². The molecule has 6 aliphatic rings. The van der Waals surface area contributed by atoms with E-state index in [0.29, 0.717) is 60.4 Å². The third kappa shape index (κ3) is 9.16. The van der Waals surface area contributed by atoms with Gasteiger partial charge in [-0.3, -0.25) is 38.5 Å². The third-order valence-corrected chi connectivity index (χ3v) is 16.0. The van der Waals surface area contributed by atoms with E-state index in [1.807, 2.05) is 15.9 Å². The van der Waals surface area contributed by atoms with Gasteiger partial charge in [-0.15, -0.1) is 0 Å². The Morgan fingerprint density at radius 1 is 0.884 bits per heavy atom. The summed E-state index contributed by atoms with van der Waals surface area (Å²) in [7, 11) is -2.08. The van der Waals surface area contributed by atoms with Gasteiger partial charge in [0, 0.05) is 82.0 Å². The lowest BCUT2D eigenvalue weighted by molar-refractivity contribution is -0.151. The van der Waals surface area contributed by atoms with E-state index >= 15 is 4.39 Å². The van der Waals surface area contributed by atoms with Crippen molar-refractivity contribution in [1.82, 2.24) is 30.0 Å². The number of likely N-dealkylation sites (tertiary alicyclic amines) is 2. The monoisotopic (exact) mass is 981 g/mol. The molecule has 362 valence electrons. The summed E-state index contributed by atoms with van der Waals surface area (Å²) in [5.74, 6) is -1.31. The second-order valence-corrected chi connectivity index (χ2v) is 21.7. The molecule has 5 saturated heterocycles. The van der Waals surface area contributed by atoms with Crippen LogP contribution in [0.5, 0.6) is 0 Å². The molecule has 0 aliphatic carbocycles. The van der Waals surface area contributed by atoms with Crippen molar-refractivity contribution in [1.29, 1.82) is 0 Å². The molecule has 1 aromatic heterocycles. The zero-order valence-corrected chi connectivity index (χ0v) is 39.9. The van der Waals surface area contributed by atoms with Crippen LogP contribution in [0.15, 0.2) is 66.9 Å². The summed E-state index contributed by atoms with van der Waals surface area (Å²) in [6.07, 6.45) is 6.32. The minimum atomic E-state index is -3.54. The number of hydrogen-bond donors (Lipinski definition) is 3. The smallest absolute Gasteiger partial charge is 0.262 e. The molecule has 4 aromatic rings. The number of sulfonamides is 1. The molecule has 69 heavy (non-hydrogen) atoms. The maximum absolute atomic E-state index is 15.6. The van der Waals surface area contributed by atoms with Gasteiger partial charge >= 0.3 is 0 Å². The molecule has 1 unspecified atom stereocenters. The van der Waals surface area contributed by atoms with E-state index in [1.54, 1.807) is 48.5 Å². The fourth-order valence-electron chi connectivity index (χ4n) is 10.7. The van der Waals surface area contributed by atoms with E-state index in [9.17, 15) is 32.4 Å². The highest BCUT2D eigenvalue weighted by Gasteiger charge is 2.54. The van der Waals surface area contributed by atoms with Crippen LogP contribution in [-0.4, -0.2) is 141 Å². The lowest BCUT2D eigenvalue weighted by atomic mass is 9.72. The number of carbonyl (C=O) groups excluding carboxylic acids is 5. The average Bonchev–Trinajstić information content (AvgIpc) is 3.54. The van der Waals surface area contributed by atoms with Gasteiger partial charge in [0.05, 0.1) is 40.6 Å². The van der Waals surface area contributed by atoms with Crippen LogP contribution >= 0.6 is 11.6 Å². The summed E-state index contributed by atoms with van der Waals surface area (Å²) in [6.45, 7) is 7.03. The molecular weight excluding hydrogens is 929 g/mol. The van der Waals surface area contributed by atoms with Crippen LogP contribution in [-0.2, 0) is 24.4 Å². The van der Waals surface area contributed by atoms with Gasteiger partial charge in [0.2, 0.25) is 33.7 Å². The Hall–Kier alpha value is -6.38. The van der Waals surface area contributed by atoms with Crippen LogP contribution in [0.4, 0.5) is 44.6 Å². The molecule has 0 radical (unpaired) electrons. The number of piperidine rings is 3. The number of fused-ring (bicyclic) bond motifs is 1. The highest BCUT2D eigenvalue weighted by Crippen LogP contribution is 2.44. The zero-order chi connectivity index (χ0) is 48.4. The van der Waals surface area contributed by atoms with E-state index in [4.69, 9.17) is 11.6 Å². The van der Waals surface area contributed by atoms with Gasteiger partial charge in [-0.2, -0.15) is 4.98 Å². The van der Waals surface area contributed by atoms with Crippen molar-refractivity contribution < 1.29 is 36.8 Å². The van der Waals surface area contributed by atoms with Crippen molar-refractivity contribution in [2.45, 2.75) is 44.6 Å². The molecule has 3 N–H and O–H groups in total. The summed E-state index contributed by atoms with van der Waals surface area (Å²) in [4.78, 5) is 82.7. The summed E-state index contributed by atoms with van der Waals surface area (Å²) < 4.78 is 41.2. The number of nitrogens with one attached hydrogen (secondary N) is 3. The minimum absolute atomic E-state index is 0.00306. The molecule has 0 saturated carbocycles. The van der Waals surface area contributed by atoms with E-state index in [2.05, 4.69) is 35.7 Å². The van der Waals surface area contributed by atoms with Crippen LogP contribution in [0.2, 0.25) is 5.02 Å².